The van der Waals surface area contributed by atoms with Gasteiger partial charge in [-0.2, -0.15) is 0 Å². The molecule has 0 radical (unpaired) electrons. The van der Waals surface area contributed by atoms with Crippen molar-refractivity contribution in [2.75, 3.05) is 0 Å². The van der Waals surface area contributed by atoms with Crippen LogP contribution in [0.3, 0.4) is 0 Å². The van der Waals surface area contributed by atoms with Crippen molar-refractivity contribution < 1.29 is 0 Å². The lowest BCUT2D eigenvalue weighted by Gasteiger charge is -2.12. The lowest BCUT2D eigenvalue weighted by atomic mass is 9.90. The minimum atomic E-state index is 1.27. The highest BCUT2D eigenvalue weighted by atomic mass is 32.1. The van der Waals surface area contributed by atoms with Crippen LogP contribution in [0.25, 0.3) is 96.6 Å². The summed E-state index contributed by atoms with van der Waals surface area (Å²) in [6, 6.07) is 53.8. The normalized spacial score (nSPS) is 12.2. The van der Waals surface area contributed by atoms with Crippen LogP contribution in [0.5, 0.6) is 0 Å². The standard InChI is InChI=1S/C42H24S/c1-3-11-25(12-4-1)35-23-24-36(43-35)28-21-22-34-38-31(28)18-10-20-33(38)41-37(26-13-5-2-6-14-26)32-19-9-17-29-27-15-7-8-16-30(27)40(39(29)32)42(34)41/h1-24H. The SMILES string of the molecule is c1ccc(-c2ccc(-c3ccc4c5c3cccc5c3c(-c5ccccc5)c5cccc6c7ccccc7c(c56)c43)s2)cc1. The van der Waals surface area contributed by atoms with Crippen molar-refractivity contribution in [3.63, 3.8) is 0 Å². The lowest BCUT2D eigenvalue weighted by Crippen LogP contribution is -1.84. The fourth-order valence-corrected chi connectivity index (χ4v) is 8.74. The van der Waals surface area contributed by atoms with Gasteiger partial charge in [0, 0.05) is 9.75 Å². The molecule has 9 aromatic carbocycles. The second-order valence-corrected chi connectivity index (χ2v) is 12.6. The van der Waals surface area contributed by atoms with Crippen LogP contribution < -0.4 is 0 Å². The van der Waals surface area contributed by atoms with E-state index in [2.05, 4.69) is 146 Å². The zero-order valence-electron chi connectivity index (χ0n) is 23.3. The van der Waals surface area contributed by atoms with Crippen molar-refractivity contribution in [3.05, 3.63) is 146 Å². The highest BCUT2D eigenvalue weighted by Crippen LogP contribution is 2.54. The fourth-order valence-electron chi connectivity index (χ4n) is 7.69. The van der Waals surface area contributed by atoms with E-state index in [0.29, 0.717) is 0 Å². The molecule has 0 bridgehead atoms. The van der Waals surface area contributed by atoms with E-state index < -0.39 is 0 Å². The molecule has 0 aliphatic carbocycles. The minimum absolute atomic E-state index is 1.27. The molecule has 10 aromatic rings. The van der Waals surface area contributed by atoms with Gasteiger partial charge in [0.1, 0.15) is 0 Å². The molecule has 198 valence electrons. The molecule has 0 unspecified atom stereocenters. The maximum Gasteiger partial charge on any atom is 0.0355 e. The largest absolute Gasteiger partial charge is 0.135 e. The molecule has 0 atom stereocenters. The van der Waals surface area contributed by atoms with Crippen LogP contribution in [0, 0.1) is 0 Å². The molecule has 1 heteroatoms. The topological polar surface area (TPSA) is 0 Å². The van der Waals surface area contributed by atoms with E-state index in [1.54, 1.807) is 0 Å². The van der Waals surface area contributed by atoms with Gasteiger partial charge in [0.15, 0.2) is 0 Å². The summed E-state index contributed by atoms with van der Waals surface area (Å²) in [5, 5.41) is 16.3. The average molecular weight is 561 g/mol. The molecule has 0 nitrogen and oxygen atoms in total. The Labute approximate surface area is 252 Å². The van der Waals surface area contributed by atoms with Gasteiger partial charge in [-0.3, -0.25) is 0 Å². The first-order valence-electron chi connectivity index (χ1n) is 14.9. The van der Waals surface area contributed by atoms with E-state index in [1.165, 1.54) is 96.6 Å². The van der Waals surface area contributed by atoms with Crippen LogP contribution in [0.4, 0.5) is 0 Å². The van der Waals surface area contributed by atoms with Gasteiger partial charge in [-0.05, 0) is 99.0 Å². The maximum atomic E-state index is 2.40. The number of hydrogen-bond donors (Lipinski definition) is 0. The van der Waals surface area contributed by atoms with Crippen LogP contribution in [-0.4, -0.2) is 0 Å². The maximum absolute atomic E-state index is 2.40. The summed E-state index contributed by atoms with van der Waals surface area (Å²) in [5.74, 6) is 0. The Morgan fingerprint density at radius 2 is 0.837 bits per heavy atom. The third-order valence-electron chi connectivity index (χ3n) is 9.39. The van der Waals surface area contributed by atoms with Gasteiger partial charge in [-0.25, -0.2) is 0 Å². The molecule has 0 spiro atoms. The van der Waals surface area contributed by atoms with E-state index in [1.807, 2.05) is 11.3 Å². The Morgan fingerprint density at radius 3 is 1.65 bits per heavy atom. The summed E-state index contributed by atoms with van der Waals surface area (Å²) in [4.78, 5) is 2.61. The molecule has 0 fully saturated rings. The van der Waals surface area contributed by atoms with Crippen molar-refractivity contribution >= 4 is 76.0 Å². The number of hydrogen-bond acceptors (Lipinski definition) is 1. The lowest BCUT2D eigenvalue weighted by molar-refractivity contribution is 1.69. The van der Waals surface area contributed by atoms with Crippen LogP contribution in [0.1, 0.15) is 0 Å². The molecule has 10 rings (SSSR count). The molecule has 1 heterocycles. The van der Waals surface area contributed by atoms with Crippen LogP contribution in [0.2, 0.25) is 0 Å². The molecule has 43 heavy (non-hydrogen) atoms. The van der Waals surface area contributed by atoms with Crippen LogP contribution >= 0.6 is 11.3 Å². The van der Waals surface area contributed by atoms with Crippen molar-refractivity contribution in [1.82, 2.24) is 0 Å². The minimum Gasteiger partial charge on any atom is -0.135 e. The second kappa shape index (κ2) is 8.64. The quantitative estimate of drug-likeness (QED) is 0.202. The van der Waals surface area contributed by atoms with Crippen LogP contribution in [0.15, 0.2) is 146 Å². The van der Waals surface area contributed by atoms with Gasteiger partial charge >= 0.3 is 0 Å². The van der Waals surface area contributed by atoms with Crippen LogP contribution in [-0.2, 0) is 0 Å². The zero-order chi connectivity index (χ0) is 28.1. The smallest absolute Gasteiger partial charge is 0.0355 e. The van der Waals surface area contributed by atoms with Gasteiger partial charge < -0.3 is 0 Å². The first-order valence-corrected chi connectivity index (χ1v) is 15.7. The predicted octanol–water partition coefficient (Wildman–Crippen LogP) is 12.5. The summed E-state index contributed by atoms with van der Waals surface area (Å²) in [6.07, 6.45) is 0. The van der Waals surface area contributed by atoms with Gasteiger partial charge in [-0.1, -0.05) is 133 Å². The summed E-state index contributed by atoms with van der Waals surface area (Å²) >= 11 is 1.88. The van der Waals surface area contributed by atoms with E-state index in [4.69, 9.17) is 0 Å². The van der Waals surface area contributed by atoms with E-state index in [9.17, 15) is 0 Å². The molecule has 1 aromatic heterocycles. The summed E-state index contributed by atoms with van der Waals surface area (Å²) in [5.41, 5.74) is 5.20. The first kappa shape index (κ1) is 23.3. The van der Waals surface area contributed by atoms with Crippen molar-refractivity contribution in [1.29, 1.82) is 0 Å². The molecule has 0 amide bonds. The van der Waals surface area contributed by atoms with Crippen molar-refractivity contribution in [3.8, 4) is 32.0 Å². The second-order valence-electron chi connectivity index (χ2n) is 11.6. The van der Waals surface area contributed by atoms with Crippen molar-refractivity contribution in [2.45, 2.75) is 0 Å². The predicted molar refractivity (Wildman–Crippen MR) is 188 cm³/mol. The Morgan fingerprint density at radius 1 is 0.279 bits per heavy atom. The zero-order valence-corrected chi connectivity index (χ0v) is 24.1. The number of benzene rings is 7. The Kier molecular flexibility index (Phi) is 4.69. The summed E-state index contributed by atoms with van der Waals surface area (Å²) in [7, 11) is 0. The van der Waals surface area contributed by atoms with E-state index in [0.717, 1.165) is 0 Å². The number of rotatable bonds is 3. The van der Waals surface area contributed by atoms with Gasteiger partial charge in [-0.15, -0.1) is 11.3 Å². The Balaban J connectivity index is 1.40. The van der Waals surface area contributed by atoms with Gasteiger partial charge in [0.2, 0.25) is 0 Å². The van der Waals surface area contributed by atoms with E-state index >= 15 is 0 Å². The number of fused-ring (bicyclic) bond motifs is 7. The van der Waals surface area contributed by atoms with Gasteiger partial charge in [0.25, 0.3) is 0 Å². The molecule has 0 saturated carbocycles. The van der Waals surface area contributed by atoms with Gasteiger partial charge in [0.05, 0.1) is 0 Å². The molecule has 0 saturated heterocycles. The third-order valence-corrected chi connectivity index (χ3v) is 10.6. The molecular weight excluding hydrogens is 537 g/mol. The molecule has 0 aliphatic heterocycles. The summed E-state index contributed by atoms with van der Waals surface area (Å²) in [6.45, 7) is 0. The molecular formula is C42H24S. The van der Waals surface area contributed by atoms with Crippen molar-refractivity contribution in [2.24, 2.45) is 0 Å². The fraction of sp³-hybridized carbons (Fsp3) is 0. The monoisotopic (exact) mass is 560 g/mol. The first-order chi connectivity index (χ1) is 21.4. The highest BCUT2D eigenvalue weighted by molar-refractivity contribution is 7.18. The Hall–Kier alpha value is -5.24. The van der Waals surface area contributed by atoms with E-state index in [-0.39, 0.29) is 0 Å². The molecule has 0 N–H and O–H groups in total. The number of thiophene rings is 1. The average Bonchev–Trinajstić information content (AvgIpc) is 3.78. The molecule has 0 aliphatic rings. The summed E-state index contributed by atoms with van der Waals surface area (Å²) < 4.78 is 0. The third kappa shape index (κ3) is 3.10. The highest BCUT2D eigenvalue weighted by Gasteiger charge is 2.25. The Bertz CT molecular complexity index is 2640.